The Hall–Kier alpha value is -1.77. The zero-order chi connectivity index (χ0) is 13.9. The lowest BCUT2D eigenvalue weighted by atomic mass is 10.2. The fourth-order valence-corrected chi connectivity index (χ4v) is 1.63. The molecule has 1 aromatic rings. The number of aliphatic imine (C=N–C) groups is 2. The number of rotatable bonds is 2. The van der Waals surface area contributed by atoms with E-state index in [0.29, 0.717) is 6.07 Å². The Balaban J connectivity index is 3.23. The number of alkyl halides is 2. The summed E-state index contributed by atoms with van der Waals surface area (Å²) in [4.78, 5) is 6.96. The monoisotopic (exact) mass is 323 g/mol. The number of hydrogen-bond donors (Lipinski definition) is 3. The molecule has 0 saturated heterocycles. The standard InChI is InChI=1S/C9H9BrF3N5/c10-4-1-3(7(12)13)2-5(11)6(4)17-9(16)18-8(14)15/h1-2,7H,(H6,14,15,16,17,18). The highest BCUT2D eigenvalue weighted by Gasteiger charge is 2.14. The zero-order valence-electron chi connectivity index (χ0n) is 8.87. The van der Waals surface area contributed by atoms with Crippen molar-refractivity contribution in [2.45, 2.75) is 6.43 Å². The van der Waals surface area contributed by atoms with Gasteiger partial charge in [-0.2, -0.15) is 4.99 Å². The van der Waals surface area contributed by atoms with E-state index in [4.69, 9.17) is 17.2 Å². The van der Waals surface area contributed by atoms with Crippen LogP contribution in [-0.2, 0) is 0 Å². The molecule has 5 nitrogen and oxygen atoms in total. The third-order valence-corrected chi connectivity index (χ3v) is 2.37. The molecule has 0 aliphatic carbocycles. The van der Waals surface area contributed by atoms with Gasteiger partial charge in [0.1, 0.15) is 5.69 Å². The normalized spacial score (nSPS) is 11.7. The average molecular weight is 324 g/mol. The summed E-state index contributed by atoms with van der Waals surface area (Å²) in [5.74, 6) is -1.70. The van der Waals surface area contributed by atoms with E-state index in [1.807, 2.05) is 0 Å². The summed E-state index contributed by atoms with van der Waals surface area (Å²) >= 11 is 2.91. The molecule has 0 radical (unpaired) electrons. The molecule has 0 aromatic heterocycles. The molecule has 1 rings (SSSR count). The molecular weight excluding hydrogens is 315 g/mol. The predicted octanol–water partition coefficient (Wildman–Crippen LogP) is 1.75. The van der Waals surface area contributed by atoms with Crippen molar-refractivity contribution in [2.24, 2.45) is 27.2 Å². The van der Waals surface area contributed by atoms with E-state index in [0.717, 1.165) is 6.07 Å². The van der Waals surface area contributed by atoms with Crippen molar-refractivity contribution >= 4 is 33.5 Å². The number of nitrogens with zero attached hydrogens (tertiary/aromatic N) is 2. The van der Waals surface area contributed by atoms with E-state index < -0.39 is 17.8 Å². The Morgan fingerprint density at radius 2 is 1.83 bits per heavy atom. The largest absolute Gasteiger partial charge is 0.370 e. The second-order valence-corrected chi connectivity index (χ2v) is 3.99. The highest BCUT2D eigenvalue weighted by molar-refractivity contribution is 9.10. The maximum Gasteiger partial charge on any atom is 0.263 e. The number of guanidine groups is 2. The quantitative estimate of drug-likeness (QED) is 0.570. The molecule has 0 heterocycles. The molecule has 0 spiro atoms. The van der Waals surface area contributed by atoms with E-state index in [1.54, 1.807) is 0 Å². The lowest BCUT2D eigenvalue weighted by molar-refractivity contribution is 0.151. The van der Waals surface area contributed by atoms with Crippen molar-refractivity contribution < 1.29 is 13.2 Å². The van der Waals surface area contributed by atoms with Gasteiger partial charge in [-0.1, -0.05) is 0 Å². The Kier molecular flexibility index (Phi) is 4.54. The first-order valence-corrected chi connectivity index (χ1v) is 5.31. The van der Waals surface area contributed by atoms with Crippen molar-refractivity contribution in [3.05, 3.63) is 28.0 Å². The summed E-state index contributed by atoms with van der Waals surface area (Å²) in [6, 6.07) is 1.70. The Labute approximate surface area is 109 Å². The second kappa shape index (κ2) is 5.71. The summed E-state index contributed by atoms with van der Waals surface area (Å²) in [6.07, 6.45) is -2.79. The van der Waals surface area contributed by atoms with Crippen molar-refractivity contribution in [3.8, 4) is 0 Å². The minimum atomic E-state index is -2.79. The van der Waals surface area contributed by atoms with Gasteiger partial charge in [0.25, 0.3) is 6.43 Å². The van der Waals surface area contributed by atoms with Crippen LogP contribution in [0.15, 0.2) is 26.6 Å². The fraction of sp³-hybridized carbons (Fsp3) is 0.111. The molecule has 0 aliphatic rings. The van der Waals surface area contributed by atoms with Crippen LogP contribution in [-0.4, -0.2) is 11.9 Å². The van der Waals surface area contributed by atoms with Crippen LogP contribution in [0, 0.1) is 5.82 Å². The molecule has 0 amide bonds. The van der Waals surface area contributed by atoms with E-state index >= 15 is 0 Å². The maximum atomic E-state index is 13.5. The molecule has 1 aromatic carbocycles. The summed E-state index contributed by atoms with van der Waals surface area (Å²) in [5, 5.41) is 0. The SMILES string of the molecule is NC(N)=NC(N)=Nc1c(F)cc(C(F)F)cc1Br. The van der Waals surface area contributed by atoms with Gasteiger partial charge in [-0.05, 0) is 28.1 Å². The molecule has 0 atom stereocenters. The van der Waals surface area contributed by atoms with Gasteiger partial charge in [0.2, 0.25) is 5.96 Å². The molecule has 0 bridgehead atoms. The first kappa shape index (κ1) is 14.3. The van der Waals surface area contributed by atoms with Crippen LogP contribution in [0.4, 0.5) is 18.9 Å². The topological polar surface area (TPSA) is 103 Å². The van der Waals surface area contributed by atoms with Crippen LogP contribution in [0.3, 0.4) is 0 Å². The van der Waals surface area contributed by atoms with Crippen molar-refractivity contribution in [3.63, 3.8) is 0 Å². The smallest absolute Gasteiger partial charge is 0.263 e. The van der Waals surface area contributed by atoms with Gasteiger partial charge in [0.15, 0.2) is 11.8 Å². The highest BCUT2D eigenvalue weighted by Crippen LogP contribution is 2.33. The van der Waals surface area contributed by atoms with Crippen LogP contribution in [0.1, 0.15) is 12.0 Å². The maximum absolute atomic E-state index is 13.5. The van der Waals surface area contributed by atoms with E-state index in [2.05, 4.69) is 25.9 Å². The lowest BCUT2D eigenvalue weighted by Crippen LogP contribution is -2.26. The Morgan fingerprint density at radius 1 is 1.22 bits per heavy atom. The highest BCUT2D eigenvalue weighted by atomic mass is 79.9. The van der Waals surface area contributed by atoms with Gasteiger partial charge in [-0.3, -0.25) is 0 Å². The van der Waals surface area contributed by atoms with E-state index in [9.17, 15) is 13.2 Å². The lowest BCUT2D eigenvalue weighted by Gasteiger charge is -2.05. The molecule has 9 heteroatoms. The Morgan fingerprint density at radius 3 is 2.28 bits per heavy atom. The van der Waals surface area contributed by atoms with Crippen LogP contribution < -0.4 is 17.2 Å². The van der Waals surface area contributed by atoms with Crippen molar-refractivity contribution in [1.82, 2.24) is 0 Å². The summed E-state index contributed by atoms with van der Waals surface area (Å²) in [5.41, 5.74) is 14.7. The minimum absolute atomic E-state index is 0.0199. The van der Waals surface area contributed by atoms with E-state index in [-0.39, 0.29) is 22.1 Å². The molecule has 0 saturated carbocycles. The van der Waals surface area contributed by atoms with E-state index in [1.165, 1.54) is 0 Å². The third-order valence-electron chi connectivity index (χ3n) is 1.76. The molecular formula is C9H9BrF3N5. The Bertz CT molecular complexity index is 488. The van der Waals surface area contributed by atoms with Gasteiger partial charge in [-0.25, -0.2) is 18.2 Å². The first-order chi connectivity index (χ1) is 8.31. The van der Waals surface area contributed by atoms with Gasteiger partial charge in [0, 0.05) is 10.0 Å². The molecule has 0 unspecified atom stereocenters. The average Bonchev–Trinajstić information content (AvgIpc) is 2.21. The summed E-state index contributed by atoms with van der Waals surface area (Å²) in [7, 11) is 0. The van der Waals surface area contributed by atoms with Gasteiger partial charge in [-0.15, -0.1) is 0 Å². The second-order valence-electron chi connectivity index (χ2n) is 3.14. The van der Waals surface area contributed by atoms with Crippen LogP contribution >= 0.6 is 15.9 Å². The van der Waals surface area contributed by atoms with Crippen LogP contribution in [0.5, 0.6) is 0 Å². The van der Waals surface area contributed by atoms with Crippen LogP contribution in [0.25, 0.3) is 0 Å². The molecule has 98 valence electrons. The van der Waals surface area contributed by atoms with Crippen molar-refractivity contribution in [2.75, 3.05) is 0 Å². The minimum Gasteiger partial charge on any atom is -0.370 e. The van der Waals surface area contributed by atoms with Crippen molar-refractivity contribution in [1.29, 1.82) is 0 Å². The van der Waals surface area contributed by atoms with Gasteiger partial charge < -0.3 is 17.2 Å². The third kappa shape index (κ3) is 3.62. The molecule has 0 fully saturated rings. The predicted molar refractivity (Wildman–Crippen MR) is 66.1 cm³/mol. The number of nitrogens with two attached hydrogens (primary N) is 3. The molecule has 18 heavy (non-hydrogen) atoms. The fourth-order valence-electron chi connectivity index (χ4n) is 1.09. The van der Waals surface area contributed by atoms with Gasteiger partial charge >= 0.3 is 0 Å². The molecule has 6 N–H and O–H groups in total. The summed E-state index contributed by atoms with van der Waals surface area (Å²) < 4.78 is 38.3. The number of halogens is 4. The summed E-state index contributed by atoms with van der Waals surface area (Å²) in [6.45, 7) is 0. The number of benzene rings is 1. The van der Waals surface area contributed by atoms with Gasteiger partial charge in [0.05, 0.1) is 0 Å². The molecule has 0 aliphatic heterocycles. The zero-order valence-corrected chi connectivity index (χ0v) is 10.5. The first-order valence-electron chi connectivity index (χ1n) is 4.52. The number of hydrogen-bond acceptors (Lipinski definition) is 1. The van der Waals surface area contributed by atoms with Crippen LogP contribution in [0.2, 0.25) is 0 Å².